The number of nitrogens with zero attached hydrogens (tertiary/aromatic N) is 1. The van der Waals surface area contributed by atoms with Crippen molar-refractivity contribution in [2.24, 2.45) is 0 Å². The van der Waals surface area contributed by atoms with Crippen molar-refractivity contribution in [2.45, 2.75) is 26.8 Å². The number of rotatable bonds is 4. The summed E-state index contributed by atoms with van der Waals surface area (Å²) in [6.45, 7) is 6.91. The number of hydrogen-bond donors (Lipinski definition) is 1. The van der Waals surface area contributed by atoms with Crippen molar-refractivity contribution in [3.63, 3.8) is 0 Å². The Morgan fingerprint density at radius 1 is 1.53 bits per heavy atom. The molecule has 0 fully saturated rings. The molecule has 1 aromatic rings. The fourth-order valence-electron chi connectivity index (χ4n) is 1.42. The minimum atomic E-state index is -0.294. The molecule has 2 nitrogen and oxygen atoms in total. The van der Waals surface area contributed by atoms with Gasteiger partial charge in [0.05, 0.1) is 12.2 Å². The van der Waals surface area contributed by atoms with Crippen LogP contribution in [0.1, 0.15) is 32.4 Å². The molecule has 1 unspecified atom stereocenters. The monoisotopic (exact) mass is 208 g/mol. The molecule has 0 saturated heterocycles. The van der Waals surface area contributed by atoms with Crippen molar-refractivity contribution >= 4 is 0 Å². The smallest absolute Gasteiger partial charge is 0.141 e. The maximum Gasteiger partial charge on any atom is 0.141 e. The van der Waals surface area contributed by atoms with Gasteiger partial charge in [-0.25, -0.2) is 4.39 Å². The maximum atomic E-state index is 13.0. The van der Waals surface area contributed by atoms with Crippen molar-refractivity contribution in [2.75, 3.05) is 6.54 Å². The highest BCUT2D eigenvalue weighted by molar-refractivity contribution is 5.21. The van der Waals surface area contributed by atoms with Gasteiger partial charge in [-0.15, -0.1) is 0 Å². The molecule has 1 heterocycles. The van der Waals surface area contributed by atoms with Crippen molar-refractivity contribution in [3.8, 4) is 0 Å². The lowest BCUT2D eigenvalue weighted by Gasteiger charge is -2.14. The normalized spacial score (nSPS) is 12.3. The van der Waals surface area contributed by atoms with Crippen LogP contribution in [0.15, 0.2) is 30.1 Å². The zero-order chi connectivity index (χ0) is 11.3. The Morgan fingerprint density at radius 3 is 2.80 bits per heavy atom. The summed E-state index contributed by atoms with van der Waals surface area (Å²) in [6, 6.07) is 1.56. The molecule has 1 aromatic heterocycles. The van der Waals surface area contributed by atoms with Crippen LogP contribution >= 0.6 is 0 Å². The summed E-state index contributed by atoms with van der Waals surface area (Å²) in [7, 11) is 0. The highest BCUT2D eigenvalue weighted by Crippen LogP contribution is 2.15. The Balaban J connectivity index is 2.93. The Morgan fingerprint density at radius 2 is 2.27 bits per heavy atom. The number of pyridine rings is 1. The number of halogens is 1. The predicted octanol–water partition coefficient (Wildman–Crippen LogP) is 2.84. The quantitative estimate of drug-likeness (QED) is 0.770. The number of nitrogens with one attached hydrogen (secondary N) is 1. The van der Waals surface area contributed by atoms with E-state index >= 15 is 0 Å². The van der Waals surface area contributed by atoms with Gasteiger partial charge in [0.25, 0.3) is 0 Å². The minimum absolute atomic E-state index is 0.0446. The summed E-state index contributed by atoms with van der Waals surface area (Å²) in [5.74, 6) is -0.294. The summed E-state index contributed by atoms with van der Waals surface area (Å²) in [6.07, 6.45) is 4.98. The van der Waals surface area contributed by atoms with Crippen LogP contribution in [0.4, 0.5) is 4.39 Å². The standard InChI is InChI=1S/C12H17FN2/c1-4-15-12(5-9(2)3)10-6-11(13)8-14-7-10/h5-8,12,15H,4H2,1-3H3. The number of hydrogen-bond acceptors (Lipinski definition) is 2. The SMILES string of the molecule is CCNC(C=C(C)C)c1cncc(F)c1. The van der Waals surface area contributed by atoms with Gasteiger partial charge in [-0.1, -0.05) is 18.6 Å². The van der Waals surface area contributed by atoms with Crippen LogP contribution < -0.4 is 5.32 Å². The molecule has 0 bridgehead atoms. The van der Waals surface area contributed by atoms with Gasteiger partial charge >= 0.3 is 0 Å². The third-order valence-electron chi connectivity index (χ3n) is 2.01. The third kappa shape index (κ3) is 3.80. The molecule has 3 heteroatoms. The fraction of sp³-hybridized carbons (Fsp3) is 0.417. The minimum Gasteiger partial charge on any atom is -0.307 e. The molecule has 0 aliphatic heterocycles. The first-order valence-corrected chi connectivity index (χ1v) is 5.12. The zero-order valence-corrected chi connectivity index (χ0v) is 9.42. The van der Waals surface area contributed by atoms with Crippen LogP contribution in [0, 0.1) is 5.82 Å². The van der Waals surface area contributed by atoms with E-state index in [1.165, 1.54) is 17.8 Å². The van der Waals surface area contributed by atoms with Crippen molar-refractivity contribution in [3.05, 3.63) is 41.5 Å². The molecule has 82 valence electrons. The molecule has 1 rings (SSSR count). The van der Waals surface area contributed by atoms with Gasteiger partial charge in [0.2, 0.25) is 0 Å². The largest absolute Gasteiger partial charge is 0.307 e. The predicted molar refractivity (Wildman–Crippen MR) is 60.0 cm³/mol. The van der Waals surface area contributed by atoms with Crippen LogP contribution in [-0.4, -0.2) is 11.5 Å². The molecule has 0 spiro atoms. The van der Waals surface area contributed by atoms with E-state index < -0.39 is 0 Å². The summed E-state index contributed by atoms with van der Waals surface area (Å²) < 4.78 is 13.0. The van der Waals surface area contributed by atoms with E-state index in [0.29, 0.717) is 0 Å². The van der Waals surface area contributed by atoms with Crippen LogP contribution in [0.2, 0.25) is 0 Å². The Hall–Kier alpha value is -1.22. The third-order valence-corrected chi connectivity index (χ3v) is 2.01. The lowest BCUT2D eigenvalue weighted by molar-refractivity contribution is 0.601. The Bertz CT molecular complexity index is 343. The van der Waals surface area contributed by atoms with Gasteiger partial charge in [0.15, 0.2) is 0 Å². The fourth-order valence-corrected chi connectivity index (χ4v) is 1.42. The van der Waals surface area contributed by atoms with E-state index in [1.54, 1.807) is 6.20 Å². The highest BCUT2D eigenvalue weighted by atomic mass is 19.1. The molecule has 0 amide bonds. The lowest BCUT2D eigenvalue weighted by atomic mass is 10.1. The van der Waals surface area contributed by atoms with Gasteiger partial charge in [-0.3, -0.25) is 4.98 Å². The average molecular weight is 208 g/mol. The van der Waals surface area contributed by atoms with Crippen LogP contribution in [0.5, 0.6) is 0 Å². The van der Waals surface area contributed by atoms with Gasteiger partial charge in [0.1, 0.15) is 5.82 Å². The molecular weight excluding hydrogens is 191 g/mol. The van der Waals surface area contributed by atoms with Crippen LogP contribution in [0.3, 0.4) is 0 Å². The second-order valence-electron chi connectivity index (χ2n) is 3.72. The van der Waals surface area contributed by atoms with Crippen LogP contribution in [-0.2, 0) is 0 Å². The molecule has 0 aliphatic carbocycles. The van der Waals surface area contributed by atoms with E-state index in [1.807, 2.05) is 20.8 Å². The van der Waals surface area contributed by atoms with Gasteiger partial charge in [-0.2, -0.15) is 0 Å². The first-order valence-electron chi connectivity index (χ1n) is 5.12. The number of aromatic nitrogens is 1. The van der Waals surface area contributed by atoms with Gasteiger partial charge in [-0.05, 0) is 32.0 Å². The van der Waals surface area contributed by atoms with E-state index in [9.17, 15) is 4.39 Å². The summed E-state index contributed by atoms with van der Waals surface area (Å²) in [4.78, 5) is 3.85. The molecule has 1 N–H and O–H groups in total. The average Bonchev–Trinajstić information content (AvgIpc) is 2.16. The Kier molecular flexibility index (Phi) is 4.43. The highest BCUT2D eigenvalue weighted by Gasteiger charge is 2.07. The van der Waals surface area contributed by atoms with Gasteiger partial charge in [0, 0.05) is 6.20 Å². The maximum absolute atomic E-state index is 13.0. The zero-order valence-electron chi connectivity index (χ0n) is 9.42. The summed E-state index contributed by atoms with van der Waals surface area (Å²) >= 11 is 0. The lowest BCUT2D eigenvalue weighted by Crippen LogP contribution is -2.19. The molecular formula is C12H17FN2. The van der Waals surface area contributed by atoms with Crippen molar-refractivity contribution in [1.29, 1.82) is 0 Å². The van der Waals surface area contributed by atoms with Gasteiger partial charge < -0.3 is 5.32 Å². The molecule has 0 radical (unpaired) electrons. The van der Waals surface area contributed by atoms with E-state index in [0.717, 1.165) is 12.1 Å². The number of likely N-dealkylation sites (N-methyl/N-ethyl adjacent to an activating group) is 1. The van der Waals surface area contributed by atoms with E-state index in [2.05, 4.69) is 16.4 Å². The van der Waals surface area contributed by atoms with Crippen LogP contribution in [0.25, 0.3) is 0 Å². The van der Waals surface area contributed by atoms with Crippen molar-refractivity contribution < 1.29 is 4.39 Å². The molecule has 15 heavy (non-hydrogen) atoms. The second-order valence-corrected chi connectivity index (χ2v) is 3.72. The molecule has 0 saturated carbocycles. The topological polar surface area (TPSA) is 24.9 Å². The molecule has 1 atom stereocenters. The molecule has 0 aromatic carbocycles. The first kappa shape index (κ1) is 11.9. The Labute approximate surface area is 90.2 Å². The second kappa shape index (κ2) is 5.61. The summed E-state index contributed by atoms with van der Waals surface area (Å²) in [5.41, 5.74) is 2.06. The summed E-state index contributed by atoms with van der Waals surface area (Å²) in [5, 5.41) is 3.27. The van der Waals surface area contributed by atoms with E-state index in [4.69, 9.17) is 0 Å². The first-order chi connectivity index (χ1) is 7.13. The van der Waals surface area contributed by atoms with Crippen molar-refractivity contribution in [1.82, 2.24) is 10.3 Å². The number of allylic oxidation sites excluding steroid dienone is 1. The van der Waals surface area contributed by atoms with E-state index in [-0.39, 0.29) is 11.9 Å². The molecule has 0 aliphatic rings.